The smallest absolute Gasteiger partial charge is 0.340 e. The summed E-state index contributed by atoms with van der Waals surface area (Å²) in [5, 5.41) is 42.6. The van der Waals surface area contributed by atoms with E-state index in [1.807, 2.05) is 18.4 Å². The molecule has 1 spiro atoms. The minimum Gasteiger partial charge on any atom is -0.493 e. The van der Waals surface area contributed by atoms with Crippen molar-refractivity contribution in [2.45, 2.75) is 80.4 Å². The minimum absolute atomic E-state index is 0.0763. The summed E-state index contributed by atoms with van der Waals surface area (Å²) in [4.78, 5) is 61.7. The SMILES string of the molecule is COc1ccc2c3c1O[C@@H]1C(OC(=O)[C@@H](O)CC(=O)O[C@@H](C)C(=O)N[C@@H](CC(=O)O)C(=O)O)=CC[C@]4(O)[C@H](C2)N(C)CC[C@@]314. The number of hydrogen-bond donors (Lipinski definition) is 5. The van der Waals surface area contributed by atoms with E-state index in [1.165, 1.54) is 7.11 Å². The summed E-state index contributed by atoms with van der Waals surface area (Å²) < 4.78 is 22.4. The molecule has 7 atom stereocenters. The summed E-state index contributed by atoms with van der Waals surface area (Å²) in [7, 11) is 3.46. The van der Waals surface area contributed by atoms with Gasteiger partial charge in [0.1, 0.15) is 11.8 Å². The number of aliphatic hydroxyl groups excluding tert-OH is 1. The molecule has 2 bridgehead atoms. The van der Waals surface area contributed by atoms with Crippen molar-refractivity contribution in [2.24, 2.45) is 0 Å². The summed E-state index contributed by atoms with van der Waals surface area (Å²) in [5.74, 6) is -5.50. The number of carboxylic acid groups (broad SMARTS) is 2. The molecule has 2 aliphatic heterocycles. The lowest BCUT2D eigenvalue weighted by molar-refractivity contribution is -0.173. The first-order valence-corrected chi connectivity index (χ1v) is 14.1. The van der Waals surface area contributed by atoms with Crippen LogP contribution in [0.15, 0.2) is 24.0 Å². The average molecular weight is 619 g/mol. The van der Waals surface area contributed by atoms with Crippen molar-refractivity contribution in [1.29, 1.82) is 0 Å². The number of likely N-dealkylation sites (tertiary alicyclic amines) is 1. The Balaban J connectivity index is 1.28. The Hall–Kier alpha value is -4.21. The molecule has 2 heterocycles. The number of aliphatic carboxylic acids is 2. The number of carbonyl (C=O) groups is 5. The molecular formula is C29H34N2O13. The number of nitrogens with zero attached hydrogens (tertiary/aromatic N) is 1. The number of rotatable bonds is 11. The van der Waals surface area contributed by atoms with Crippen LogP contribution < -0.4 is 14.8 Å². The molecule has 15 heteroatoms. The van der Waals surface area contributed by atoms with Crippen LogP contribution in [0.3, 0.4) is 0 Å². The van der Waals surface area contributed by atoms with Crippen molar-refractivity contribution >= 4 is 29.8 Å². The van der Waals surface area contributed by atoms with Crippen molar-refractivity contribution in [3.05, 3.63) is 35.1 Å². The van der Waals surface area contributed by atoms with E-state index in [0.717, 1.165) is 18.1 Å². The van der Waals surface area contributed by atoms with E-state index in [2.05, 4.69) is 4.90 Å². The van der Waals surface area contributed by atoms with Crippen LogP contribution in [-0.4, -0.2) is 112 Å². The lowest BCUT2D eigenvalue weighted by Gasteiger charge is -2.61. The van der Waals surface area contributed by atoms with E-state index >= 15 is 0 Å². The molecular weight excluding hydrogens is 584 g/mol. The van der Waals surface area contributed by atoms with Gasteiger partial charge >= 0.3 is 23.9 Å². The van der Waals surface area contributed by atoms with Gasteiger partial charge in [-0.25, -0.2) is 9.59 Å². The molecule has 1 saturated heterocycles. The van der Waals surface area contributed by atoms with Gasteiger partial charge in [0.25, 0.3) is 5.91 Å². The Morgan fingerprint density at radius 3 is 2.57 bits per heavy atom. The van der Waals surface area contributed by atoms with Gasteiger partial charge in [0, 0.05) is 18.0 Å². The van der Waals surface area contributed by atoms with Crippen LogP contribution in [0.4, 0.5) is 0 Å². The highest BCUT2D eigenvalue weighted by atomic mass is 16.6. The van der Waals surface area contributed by atoms with Crippen molar-refractivity contribution in [3.63, 3.8) is 0 Å². The van der Waals surface area contributed by atoms with E-state index in [9.17, 15) is 34.2 Å². The van der Waals surface area contributed by atoms with Crippen LogP contribution in [0.1, 0.15) is 43.7 Å². The van der Waals surface area contributed by atoms with Gasteiger partial charge in [-0.3, -0.25) is 14.4 Å². The molecule has 0 unspecified atom stereocenters. The maximum absolute atomic E-state index is 13.0. The number of methoxy groups -OCH3 is 1. The van der Waals surface area contributed by atoms with Crippen LogP contribution in [0, 0.1) is 0 Å². The highest BCUT2D eigenvalue weighted by Crippen LogP contribution is 2.65. The number of likely N-dealkylation sites (N-methyl/N-ethyl adjacent to an activating group) is 1. The van der Waals surface area contributed by atoms with E-state index in [0.29, 0.717) is 30.9 Å². The normalized spacial score (nSPS) is 28.2. The van der Waals surface area contributed by atoms with Gasteiger partial charge in [0.2, 0.25) is 0 Å². The molecule has 1 amide bonds. The second-order valence-electron chi connectivity index (χ2n) is 11.6. The molecule has 5 rings (SSSR count). The molecule has 2 aliphatic carbocycles. The lowest BCUT2D eigenvalue weighted by Crippen LogP contribution is -2.74. The number of hydrogen-bond acceptors (Lipinski definition) is 12. The quantitative estimate of drug-likeness (QED) is 0.193. The zero-order valence-electron chi connectivity index (χ0n) is 24.3. The second kappa shape index (κ2) is 11.4. The highest BCUT2D eigenvalue weighted by molar-refractivity contribution is 5.90. The van der Waals surface area contributed by atoms with Gasteiger partial charge in [-0.15, -0.1) is 0 Å². The largest absolute Gasteiger partial charge is 0.493 e. The van der Waals surface area contributed by atoms with Crippen molar-refractivity contribution in [2.75, 3.05) is 20.7 Å². The zero-order chi connectivity index (χ0) is 32.1. The van der Waals surface area contributed by atoms with Crippen LogP contribution in [-0.2, 0) is 45.3 Å². The van der Waals surface area contributed by atoms with Gasteiger partial charge in [-0.05, 0) is 51.1 Å². The predicted octanol–water partition coefficient (Wildman–Crippen LogP) is -0.757. The van der Waals surface area contributed by atoms with Gasteiger partial charge in [0.05, 0.1) is 31.0 Å². The number of carbonyl (C=O) groups excluding carboxylic acids is 3. The van der Waals surface area contributed by atoms with Crippen molar-refractivity contribution < 1.29 is 63.3 Å². The molecule has 1 aromatic carbocycles. The van der Waals surface area contributed by atoms with Gasteiger partial charge in [-0.2, -0.15) is 0 Å². The molecule has 5 N–H and O–H groups in total. The fourth-order valence-corrected chi connectivity index (χ4v) is 6.98. The van der Waals surface area contributed by atoms with E-state index in [1.54, 1.807) is 12.1 Å². The van der Waals surface area contributed by atoms with Crippen molar-refractivity contribution in [1.82, 2.24) is 10.2 Å². The molecule has 0 saturated carbocycles. The fourth-order valence-electron chi connectivity index (χ4n) is 6.98. The first kappa shape index (κ1) is 31.2. The predicted molar refractivity (Wildman–Crippen MR) is 146 cm³/mol. The van der Waals surface area contributed by atoms with E-state index in [-0.39, 0.29) is 18.2 Å². The van der Waals surface area contributed by atoms with E-state index in [4.69, 9.17) is 29.2 Å². The van der Waals surface area contributed by atoms with Crippen LogP contribution in [0.2, 0.25) is 0 Å². The third-order valence-corrected chi connectivity index (χ3v) is 9.08. The Bertz CT molecular complexity index is 1440. The Labute approximate surface area is 251 Å². The molecule has 238 valence electrons. The van der Waals surface area contributed by atoms with Crippen LogP contribution in [0.5, 0.6) is 11.5 Å². The van der Waals surface area contributed by atoms with Gasteiger partial charge in [0.15, 0.2) is 29.8 Å². The standard InChI is InChI=1S/C29H34N2O13/c1-13(25(36)30-15(26(37)38)11-20(33)34)42-21(35)12-16(32)27(39)43-18-6-7-29(40)19-10-14-4-5-17(41-3)23-22(14)28(29,24(18)44-23)8-9-31(19)2/h4-6,13,15-16,19,24,32,40H,7-12H2,1-3H3,(H,30,36)(H,33,34)(H,37,38)/t13-,15-,16-,19-,24+,28+,29-/m0/s1. The first-order chi connectivity index (χ1) is 20.7. The number of aliphatic hydroxyl groups is 2. The number of amides is 1. The van der Waals surface area contributed by atoms with E-state index < -0.39 is 78.0 Å². The summed E-state index contributed by atoms with van der Waals surface area (Å²) >= 11 is 0. The number of nitrogens with one attached hydrogen (secondary N) is 1. The molecule has 4 aliphatic rings. The highest BCUT2D eigenvalue weighted by Gasteiger charge is 2.72. The average Bonchev–Trinajstić information content (AvgIpc) is 3.31. The third-order valence-electron chi connectivity index (χ3n) is 9.08. The fraction of sp³-hybridized carbons (Fsp3) is 0.552. The molecule has 0 aromatic heterocycles. The maximum Gasteiger partial charge on any atom is 0.340 e. The van der Waals surface area contributed by atoms with Crippen LogP contribution in [0.25, 0.3) is 0 Å². The minimum atomic E-state index is -2.00. The number of ether oxygens (including phenoxy) is 4. The molecule has 44 heavy (non-hydrogen) atoms. The second-order valence-corrected chi connectivity index (χ2v) is 11.6. The lowest BCUT2D eigenvalue weighted by atomic mass is 9.50. The zero-order valence-corrected chi connectivity index (χ0v) is 24.3. The first-order valence-electron chi connectivity index (χ1n) is 14.1. The summed E-state index contributed by atoms with van der Waals surface area (Å²) in [6.45, 7) is 1.76. The maximum atomic E-state index is 13.0. The van der Waals surface area contributed by atoms with Gasteiger partial charge < -0.3 is 49.6 Å². The summed E-state index contributed by atoms with van der Waals surface area (Å²) in [6.07, 6.45) is -3.48. The molecule has 1 fully saturated rings. The Kier molecular flexibility index (Phi) is 8.07. The van der Waals surface area contributed by atoms with Gasteiger partial charge in [-0.1, -0.05) is 6.07 Å². The van der Waals surface area contributed by atoms with Crippen molar-refractivity contribution in [3.8, 4) is 11.5 Å². The topological polar surface area (TPSA) is 218 Å². The monoisotopic (exact) mass is 618 g/mol. The third kappa shape index (κ3) is 4.94. The summed E-state index contributed by atoms with van der Waals surface area (Å²) in [6, 6.07) is 1.76. The molecule has 15 nitrogen and oxygen atoms in total. The number of piperidine rings is 1. The summed E-state index contributed by atoms with van der Waals surface area (Å²) in [5.41, 5.74) is -0.377. The number of esters is 2. The van der Waals surface area contributed by atoms with Crippen LogP contribution >= 0.6 is 0 Å². The number of benzene rings is 1. The number of carboxylic acids is 2. The Morgan fingerprint density at radius 2 is 1.91 bits per heavy atom. The molecule has 0 radical (unpaired) electrons. The Morgan fingerprint density at radius 1 is 1.18 bits per heavy atom. The molecule has 1 aromatic rings.